The summed E-state index contributed by atoms with van der Waals surface area (Å²) >= 11 is 1.51. The summed E-state index contributed by atoms with van der Waals surface area (Å²) in [7, 11) is 0. The van der Waals surface area contributed by atoms with Crippen LogP contribution in [0.2, 0.25) is 0 Å². The number of nitrogens with one attached hydrogen (secondary N) is 1. The van der Waals surface area contributed by atoms with Crippen LogP contribution in [0.25, 0.3) is 0 Å². The third-order valence-corrected chi connectivity index (χ3v) is 4.28. The van der Waals surface area contributed by atoms with Crippen LogP contribution in [0.3, 0.4) is 0 Å². The molecule has 0 bridgehead atoms. The van der Waals surface area contributed by atoms with Crippen LogP contribution in [0.1, 0.15) is 30.4 Å². The largest absolute Gasteiger partial charge is 0.354 e. The van der Waals surface area contributed by atoms with Crippen LogP contribution in [-0.4, -0.2) is 5.78 Å². The Kier molecular flexibility index (Phi) is 4.38. The van der Waals surface area contributed by atoms with Crippen molar-refractivity contribution in [3.63, 3.8) is 0 Å². The number of hydrogen-bond donors (Lipinski definition) is 1. The molecule has 1 unspecified atom stereocenters. The van der Waals surface area contributed by atoms with Crippen LogP contribution in [0.15, 0.2) is 41.8 Å². The number of benzene rings is 1. The Bertz CT molecular complexity index is 545. The highest BCUT2D eigenvalue weighted by atomic mass is 32.1. The molecular weight excluding hydrogens is 254 g/mol. The van der Waals surface area contributed by atoms with Gasteiger partial charge in [-0.05, 0) is 29.5 Å². The summed E-state index contributed by atoms with van der Waals surface area (Å²) < 4.78 is 0. The molecule has 2 nitrogen and oxygen atoms in total. The van der Waals surface area contributed by atoms with E-state index in [0.29, 0.717) is 5.92 Å². The first kappa shape index (κ1) is 13.8. The molecule has 2 rings (SSSR count). The number of rotatable bonds is 5. The van der Waals surface area contributed by atoms with Crippen molar-refractivity contribution < 1.29 is 4.79 Å². The standard InChI is InChI=1S/C16H19NOS/c1-11(2)12(3)15(18)16-14(9-10-19-16)17-13-7-5-4-6-8-13/h4-12,17H,1-3H3. The molecule has 0 aliphatic carbocycles. The van der Waals surface area contributed by atoms with Crippen molar-refractivity contribution in [3.05, 3.63) is 46.7 Å². The zero-order valence-electron chi connectivity index (χ0n) is 11.5. The van der Waals surface area contributed by atoms with E-state index in [1.165, 1.54) is 11.3 Å². The van der Waals surface area contributed by atoms with Gasteiger partial charge in [0.05, 0.1) is 10.6 Å². The number of para-hydroxylation sites is 1. The van der Waals surface area contributed by atoms with E-state index in [9.17, 15) is 4.79 Å². The first-order valence-electron chi connectivity index (χ1n) is 6.53. The fourth-order valence-corrected chi connectivity index (χ4v) is 2.67. The number of hydrogen-bond acceptors (Lipinski definition) is 3. The number of carbonyl (C=O) groups excluding carboxylic acids is 1. The van der Waals surface area contributed by atoms with Gasteiger partial charge in [-0.3, -0.25) is 4.79 Å². The van der Waals surface area contributed by atoms with Crippen molar-refractivity contribution in [1.29, 1.82) is 0 Å². The Morgan fingerprint density at radius 3 is 2.42 bits per heavy atom. The minimum atomic E-state index is 0.0509. The highest BCUT2D eigenvalue weighted by Gasteiger charge is 2.22. The van der Waals surface area contributed by atoms with Crippen molar-refractivity contribution in [1.82, 2.24) is 0 Å². The maximum absolute atomic E-state index is 12.4. The Morgan fingerprint density at radius 2 is 1.79 bits per heavy atom. The van der Waals surface area contributed by atoms with Gasteiger partial charge in [0, 0.05) is 11.6 Å². The Hall–Kier alpha value is -1.61. The highest BCUT2D eigenvalue weighted by molar-refractivity contribution is 7.12. The van der Waals surface area contributed by atoms with E-state index in [4.69, 9.17) is 0 Å². The van der Waals surface area contributed by atoms with Crippen molar-refractivity contribution in [3.8, 4) is 0 Å². The third kappa shape index (κ3) is 3.24. The van der Waals surface area contributed by atoms with Gasteiger partial charge in [0.15, 0.2) is 5.78 Å². The normalized spacial score (nSPS) is 12.4. The smallest absolute Gasteiger partial charge is 0.177 e. The van der Waals surface area contributed by atoms with E-state index in [0.717, 1.165) is 16.3 Å². The number of carbonyl (C=O) groups is 1. The lowest BCUT2D eigenvalue weighted by Gasteiger charge is -2.14. The first-order chi connectivity index (χ1) is 9.09. The lowest BCUT2D eigenvalue weighted by Crippen LogP contribution is -2.16. The van der Waals surface area contributed by atoms with Crippen LogP contribution in [0, 0.1) is 11.8 Å². The Labute approximate surface area is 118 Å². The highest BCUT2D eigenvalue weighted by Crippen LogP contribution is 2.29. The molecule has 0 radical (unpaired) electrons. The predicted octanol–water partition coefficient (Wildman–Crippen LogP) is 4.97. The minimum absolute atomic E-state index is 0.0509. The van der Waals surface area contributed by atoms with E-state index in [2.05, 4.69) is 19.2 Å². The monoisotopic (exact) mass is 273 g/mol. The second-order valence-electron chi connectivity index (χ2n) is 5.05. The van der Waals surface area contributed by atoms with E-state index in [1.807, 2.05) is 48.7 Å². The van der Waals surface area contributed by atoms with Gasteiger partial charge in [-0.25, -0.2) is 0 Å². The topological polar surface area (TPSA) is 29.1 Å². The maximum Gasteiger partial charge on any atom is 0.177 e. The summed E-state index contributed by atoms with van der Waals surface area (Å²) in [5, 5.41) is 5.28. The summed E-state index contributed by atoms with van der Waals surface area (Å²) in [6.07, 6.45) is 0. The predicted molar refractivity (Wildman–Crippen MR) is 82.4 cm³/mol. The summed E-state index contributed by atoms with van der Waals surface area (Å²) in [5.74, 6) is 0.637. The van der Waals surface area contributed by atoms with Crippen molar-refractivity contribution in [2.75, 3.05) is 5.32 Å². The fourth-order valence-electron chi connectivity index (χ4n) is 1.79. The molecule has 0 saturated heterocycles. The van der Waals surface area contributed by atoms with Crippen LogP contribution in [0.5, 0.6) is 0 Å². The van der Waals surface area contributed by atoms with Gasteiger partial charge in [-0.2, -0.15) is 0 Å². The molecule has 1 atom stereocenters. The van der Waals surface area contributed by atoms with Gasteiger partial charge < -0.3 is 5.32 Å². The van der Waals surface area contributed by atoms with Gasteiger partial charge in [-0.15, -0.1) is 11.3 Å². The quantitative estimate of drug-likeness (QED) is 0.779. The first-order valence-corrected chi connectivity index (χ1v) is 7.41. The summed E-state index contributed by atoms with van der Waals surface area (Å²) in [5.41, 5.74) is 1.92. The molecule has 100 valence electrons. The molecule has 0 fully saturated rings. The SMILES string of the molecule is CC(C)C(C)C(=O)c1sccc1Nc1ccccc1. The minimum Gasteiger partial charge on any atom is -0.354 e. The van der Waals surface area contributed by atoms with Crippen molar-refractivity contribution in [2.45, 2.75) is 20.8 Å². The Morgan fingerprint density at radius 1 is 1.11 bits per heavy atom. The molecule has 1 N–H and O–H groups in total. The van der Waals surface area contributed by atoms with Crippen molar-refractivity contribution >= 4 is 28.5 Å². The summed E-state index contributed by atoms with van der Waals surface area (Å²) in [4.78, 5) is 13.3. The van der Waals surface area contributed by atoms with E-state index >= 15 is 0 Å². The molecule has 1 aromatic carbocycles. The molecular formula is C16H19NOS. The average Bonchev–Trinajstić information content (AvgIpc) is 2.86. The molecule has 0 aliphatic heterocycles. The maximum atomic E-state index is 12.4. The number of ketones is 1. The molecule has 0 spiro atoms. The molecule has 3 heteroatoms. The molecule has 19 heavy (non-hydrogen) atoms. The molecule has 2 aromatic rings. The van der Waals surface area contributed by atoms with Gasteiger partial charge in [0.1, 0.15) is 0 Å². The van der Waals surface area contributed by atoms with E-state index < -0.39 is 0 Å². The van der Waals surface area contributed by atoms with Crippen LogP contribution in [0.4, 0.5) is 11.4 Å². The zero-order chi connectivity index (χ0) is 13.8. The number of thiophene rings is 1. The molecule has 1 aromatic heterocycles. The second-order valence-corrected chi connectivity index (χ2v) is 5.97. The van der Waals surface area contributed by atoms with E-state index in [1.54, 1.807) is 0 Å². The van der Waals surface area contributed by atoms with Gasteiger partial charge in [-0.1, -0.05) is 39.0 Å². The number of Topliss-reactive ketones (excluding diaryl/α,β-unsaturated/α-hetero) is 1. The third-order valence-electron chi connectivity index (χ3n) is 3.36. The lowest BCUT2D eigenvalue weighted by atomic mass is 9.92. The number of anilines is 2. The lowest BCUT2D eigenvalue weighted by molar-refractivity contribution is 0.0905. The van der Waals surface area contributed by atoms with Crippen molar-refractivity contribution in [2.24, 2.45) is 11.8 Å². The van der Waals surface area contributed by atoms with Crippen LogP contribution >= 0.6 is 11.3 Å². The van der Waals surface area contributed by atoms with E-state index in [-0.39, 0.29) is 11.7 Å². The van der Waals surface area contributed by atoms with Gasteiger partial charge in [0.2, 0.25) is 0 Å². The van der Waals surface area contributed by atoms with Crippen LogP contribution < -0.4 is 5.32 Å². The molecule has 0 amide bonds. The Balaban J connectivity index is 2.21. The summed E-state index contributed by atoms with van der Waals surface area (Å²) in [6, 6.07) is 11.9. The van der Waals surface area contributed by atoms with Gasteiger partial charge >= 0.3 is 0 Å². The molecule has 1 heterocycles. The second kappa shape index (κ2) is 6.02. The van der Waals surface area contributed by atoms with Gasteiger partial charge in [0.25, 0.3) is 0 Å². The summed E-state index contributed by atoms with van der Waals surface area (Å²) in [6.45, 7) is 6.17. The molecule has 0 aliphatic rings. The molecule has 0 saturated carbocycles. The fraction of sp³-hybridized carbons (Fsp3) is 0.312. The average molecular weight is 273 g/mol. The van der Waals surface area contributed by atoms with Crippen LogP contribution in [-0.2, 0) is 0 Å². The zero-order valence-corrected chi connectivity index (χ0v) is 12.3.